The molecule has 5 heteroatoms. The number of halogens is 3. The lowest BCUT2D eigenvalue weighted by atomic mass is 10.1. The van der Waals surface area contributed by atoms with Crippen molar-refractivity contribution >= 4 is 17.4 Å². The van der Waals surface area contributed by atoms with E-state index in [0.717, 1.165) is 30.1 Å². The van der Waals surface area contributed by atoms with Crippen molar-refractivity contribution in [1.29, 1.82) is 0 Å². The van der Waals surface area contributed by atoms with Crippen LogP contribution >= 0.6 is 11.8 Å². The Morgan fingerprint density at radius 1 is 1.24 bits per heavy atom. The fourth-order valence-electron chi connectivity index (χ4n) is 1.78. The quantitative estimate of drug-likeness (QED) is 0.886. The zero-order valence-corrected chi connectivity index (χ0v) is 10.1. The normalized spacial score (nSPS) is 20.5. The lowest BCUT2D eigenvalue weighted by Crippen LogP contribution is -2.13. The van der Waals surface area contributed by atoms with Crippen LogP contribution in [0.15, 0.2) is 24.3 Å². The van der Waals surface area contributed by atoms with Crippen LogP contribution in [0.1, 0.15) is 12.0 Å². The van der Waals surface area contributed by atoms with Crippen LogP contribution in [0.3, 0.4) is 0 Å². The van der Waals surface area contributed by atoms with Crippen LogP contribution in [-0.2, 0) is 6.18 Å². The Balaban J connectivity index is 1.89. The Bertz CT molecular complexity index is 355. The van der Waals surface area contributed by atoms with Gasteiger partial charge in [-0.15, -0.1) is 0 Å². The van der Waals surface area contributed by atoms with Gasteiger partial charge in [0.1, 0.15) is 0 Å². The largest absolute Gasteiger partial charge is 0.416 e. The van der Waals surface area contributed by atoms with Crippen LogP contribution in [0.25, 0.3) is 0 Å². The van der Waals surface area contributed by atoms with Crippen LogP contribution in [0.5, 0.6) is 0 Å². The molecule has 0 aromatic heterocycles. The van der Waals surface area contributed by atoms with E-state index in [4.69, 9.17) is 0 Å². The third kappa shape index (κ3) is 3.56. The van der Waals surface area contributed by atoms with Crippen LogP contribution in [0, 0.1) is 5.92 Å². The molecule has 0 bridgehead atoms. The molecular weight excluding hydrogens is 247 g/mol. The second kappa shape index (κ2) is 5.21. The van der Waals surface area contributed by atoms with Crippen molar-refractivity contribution in [2.75, 3.05) is 23.4 Å². The zero-order chi connectivity index (χ0) is 12.3. The molecule has 0 radical (unpaired) electrons. The number of anilines is 1. The van der Waals surface area contributed by atoms with E-state index in [0.29, 0.717) is 5.92 Å². The molecule has 1 aliphatic heterocycles. The van der Waals surface area contributed by atoms with Crippen LogP contribution in [0.2, 0.25) is 0 Å². The van der Waals surface area contributed by atoms with E-state index in [2.05, 4.69) is 5.32 Å². The molecule has 1 aromatic carbocycles. The molecule has 1 aromatic rings. The number of nitrogens with one attached hydrogen (secondary N) is 1. The number of hydrogen-bond donors (Lipinski definition) is 1. The van der Waals surface area contributed by atoms with Crippen LogP contribution < -0.4 is 5.32 Å². The zero-order valence-electron chi connectivity index (χ0n) is 9.26. The molecule has 0 amide bonds. The van der Waals surface area contributed by atoms with Gasteiger partial charge in [0.25, 0.3) is 0 Å². The van der Waals surface area contributed by atoms with Gasteiger partial charge in [0.15, 0.2) is 0 Å². The average Bonchev–Trinajstić information content (AvgIpc) is 2.78. The lowest BCUT2D eigenvalue weighted by Gasteiger charge is -2.12. The molecule has 1 saturated heterocycles. The maximum absolute atomic E-state index is 12.3. The van der Waals surface area contributed by atoms with Gasteiger partial charge in [-0.1, -0.05) is 0 Å². The van der Waals surface area contributed by atoms with Crippen molar-refractivity contribution in [3.8, 4) is 0 Å². The Kier molecular flexibility index (Phi) is 3.86. The molecule has 1 unspecified atom stereocenters. The summed E-state index contributed by atoms with van der Waals surface area (Å²) in [5.74, 6) is 2.98. The molecule has 17 heavy (non-hydrogen) atoms. The molecule has 0 spiro atoms. The first kappa shape index (κ1) is 12.6. The van der Waals surface area contributed by atoms with E-state index in [1.807, 2.05) is 11.8 Å². The molecule has 1 heterocycles. The highest BCUT2D eigenvalue weighted by Gasteiger charge is 2.29. The molecule has 1 atom stereocenters. The van der Waals surface area contributed by atoms with Crippen molar-refractivity contribution in [3.05, 3.63) is 29.8 Å². The van der Waals surface area contributed by atoms with Crippen molar-refractivity contribution in [2.45, 2.75) is 12.6 Å². The Morgan fingerprint density at radius 2 is 1.94 bits per heavy atom. The third-order valence-electron chi connectivity index (χ3n) is 2.83. The maximum Gasteiger partial charge on any atom is 0.416 e. The fraction of sp³-hybridized carbons (Fsp3) is 0.500. The molecule has 2 rings (SSSR count). The molecule has 0 saturated carbocycles. The lowest BCUT2D eigenvalue weighted by molar-refractivity contribution is -0.137. The maximum atomic E-state index is 12.3. The number of thioether (sulfide) groups is 1. The van der Waals surface area contributed by atoms with Gasteiger partial charge in [-0.25, -0.2) is 0 Å². The monoisotopic (exact) mass is 261 g/mol. The molecule has 1 N–H and O–H groups in total. The fourth-order valence-corrected chi connectivity index (χ4v) is 3.07. The van der Waals surface area contributed by atoms with Gasteiger partial charge in [0, 0.05) is 12.2 Å². The Labute approximate surface area is 103 Å². The molecule has 1 fully saturated rings. The summed E-state index contributed by atoms with van der Waals surface area (Å²) >= 11 is 1.93. The number of benzene rings is 1. The summed E-state index contributed by atoms with van der Waals surface area (Å²) in [6.45, 7) is 0.846. The summed E-state index contributed by atoms with van der Waals surface area (Å²) in [6.07, 6.45) is -3.06. The molecule has 1 aliphatic rings. The summed E-state index contributed by atoms with van der Waals surface area (Å²) in [5.41, 5.74) is 0.161. The topological polar surface area (TPSA) is 12.0 Å². The van der Waals surface area contributed by atoms with E-state index in [9.17, 15) is 13.2 Å². The summed E-state index contributed by atoms with van der Waals surface area (Å²) in [7, 11) is 0. The first-order valence-corrected chi connectivity index (χ1v) is 6.70. The van der Waals surface area contributed by atoms with E-state index in [-0.39, 0.29) is 0 Å². The minimum Gasteiger partial charge on any atom is -0.385 e. The summed E-state index contributed by atoms with van der Waals surface area (Å²) < 4.78 is 37.0. The van der Waals surface area contributed by atoms with E-state index in [1.165, 1.54) is 24.3 Å². The first-order valence-electron chi connectivity index (χ1n) is 5.54. The highest BCUT2D eigenvalue weighted by Crippen LogP contribution is 2.30. The molecule has 0 aliphatic carbocycles. The summed E-state index contributed by atoms with van der Waals surface area (Å²) in [4.78, 5) is 0. The van der Waals surface area contributed by atoms with Crippen molar-refractivity contribution in [3.63, 3.8) is 0 Å². The predicted molar refractivity (Wildman–Crippen MR) is 65.4 cm³/mol. The summed E-state index contributed by atoms with van der Waals surface area (Å²) in [6, 6.07) is 5.22. The van der Waals surface area contributed by atoms with Gasteiger partial charge >= 0.3 is 6.18 Å². The van der Waals surface area contributed by atoms with E-state index >= 15 is 0 Å². The van der Waals surface area contributed by atoms with Gasteiger partial charge in [0.05, 0.1) is 5.56 Å². The highest BCUT2D eigenvalue weighted by atomic mass is 32.2. The second-order valence-electron chi connectivity index (χ2n) is 4.19. The van der Waals surface area contributed by atoms with Gasteiger partial charge in [0.2, 0.25) is 0 Å². The number of hydrogen-bond acceptors (Lipinski definition) is 2. The number of rotatable bonds is 3. The molecular formula is C12H14F3NS. The van der Waals surface area contributed by atoms with Crippen molar-refractivity contribution in [1.82, 2.24) is 0 Å². The Hall–Kier alpha value is -0.840. The Morgan fingerprint density at radius 3 is 2.47 bits per heavy atom. The van der Waals surface area contributed by atoms with Crippen molar-refractivity contribution < 1.29 is 13.2 Å². The summed E-state index contributed by atoms with van der Waals surface area (Å²) in [5, 5.41) is 3.18. The van der Waals surface area contributed by atoms with Gasteiger partial charge in [-0.3, -0.25) is 0 Å². The van der Waals surface area contributed by atoms with E-state index < -0.39 is 11.7 Å². The minimum atomic E-state index is -4.25. The third-order valence-corrected chi connectivity index (χ3v) is 4.06. The molecule has 1 nitrogen and oxygen atoms in total. The second-order valence-corrected chi connectivity index (χ2v) is 5.34. The smallest absolute Gasteiger partial charge is 0.385 e. The first-order chi connectivity index (χ1) is 8.05. The average molecular weight is 261 g/mol. The van der Waals surface area contributed by atoms with Crippen molar-refractivity contribution in [2.24, 2.45) is 5.92 Å². The van der Waals surface area contributed by atoms with Gasteiger partial charge in [-0.2, -0.15) is 24.9 Å². The van der Waals surface area contributed by atoms with Gasteiger partial charge < -0.3 is 5.32 Å². The number of alkyl halides is 3. The van der Waals surface area contributed by atoms with Crippen LogP contribution in [-0.4, -0.2) is 18.1 Å². The predicted octanol–water partition coefficient (Wildman–Crippen LogP) is 3.87. The standard InChI is InChI=1S/C12H14F3NS/c13-12(14,15)10-1-3-11(4-2-10)16-7-9-5-6-17-8-9/h1-4,9,16H,5-8H2. The van der Waals surface area contributed by atoms with Gasteiger partial charge in [-0.05, 0) is 48.1 Å². The minimum absolute atomic E-state index is 0.598. The molecule has 94 valence electrons. The highest BCUT2D eigenvalue weighted by molar-refractivity contribution is 7.99. The van der Waals surface area contributed by atoms with E-state index in [1.54, 1.807) is 0 Å². The SMILES string of the molecule is FC(F)(F)c1ccc(NCC2CCSC2)cc1. The van der Waals surface area contributed by atoms with Crippen LogP contribution in [0.4, 0.5) is 18.9 Å².